The van der Waals surface area contributed by atoms with Gasteiger partial charge in [0, 0.05) is 12.0 Å². The summed E-state index contributed by atoms with van der Waals surface area (Å²) in [5.74, 6) is 1.45. The molecule has 0 saturated heterocycles. The van der Waals surface area contributed by atoms with Gasteiger partial charge in [-0.25, -0.2) is 0 Å². The van der Waals surface area contributed by atoms with E-state index in [2.05, 4.69) is 29.8 Å². The molecule has 0 bridgehead atoms. The number of hydrogen-bond donors (Lipinski definition) is 0. The van der Waals surface area contributed by atoms with Gasteiger partial charge in [0.25, 0.3) is 0 Å². The molecule has 17 heavy (non-hydrogen) atoms. The number of halogens is 1. The van der Waals surface area contributed by atoms with Crippen LogP contribution in [0.1, 0.15) is 43.5 Å². The fourth-order valence-electron chi connectivity index (χ4n) is 1.80. The summed E-state index contributed by atoms with van der Waals surface area (Å²) < 4.78 is 5.97. The van der Waals surface area contributed by atoms with Crippen LogP contribution in [0.5, 0.6) is 5.75 Å². The van der Waals surface area contributed by atoms with E-state index in [4.69, 9.17) is 4.74 Å². The van der Waals surface area contributed by atoms with E-state index < -0.39 is 0 Å². The molecule has 0 aliphatic heterocycles. The third-order valence-electron chi connectivity index (χ3n) is 3.10. The van der Waals surface area contributed by atoms with Gasteiger partial charge in [-0.05, 0) is 40.0 Å². The standard InChI is InChI=1S/C14H19BrO2/c1-4-10(5-2)8-13(16)11-6-7-14(17-3)12(15)9-11/h6-7,9-10H,4-5,8H2,1-3H3. The summed E-state index contributed by atoms with van der Waals surface area (Å²) in [4.78, 5) is 12.1. The lowest BCUT2D eigenvalue weighted by molar-refractivity contribution is 0.0958. The molecule has 0 saturated carbocycles. The molecule has 94 valence electrons. The van der Waals surface area contributed by atoms with E-state index in [-0.39, 0.29) is 5.78 Å². The van der Waals surface area contributed by atoms with Crippen molar-refractivity contribution in [3.63, 3.8) is 0 Å². The summed E-state index contributed by atoms with van der Waals surface area (Å²) in [5.41, 5.74) is 0.754. The van der Waals surface area contributed by atoms with Gasteiger partial charge in [-0.1, -0.05) is 26.7 Å². The van der Waals surface area contributed by atoms with Crippen LogP contribution < -0.4 is 4.74 Å². The Morgan fingerprint density at radius 1 is 1.35 bits per heavy atom. The first-order chi connectivity index (χ1) is 8.12. The van der Waals surface area contributed by atoms with Crippen LogP contribution >= 0.6 is 15.9 Å². The van der Waals surface area contributed by atoms with Crippen LogP contribution in [0.15, 0.2) is 22.7 Å². The largest absolute Gasteiger partial charge is 0.496 e. The predicted octanol–water partition coefficient (Wildman–Crippen LogP) is 4.47. The number of carbonyl (C=O) groups excluding carboxylic acids is 1. The second-order valence-corrected chi connectivity index (χ2v) is 5.01. The zero-order valence-electron chi connectivity index (χ0n) is 10.6. The highest BCUT2D eigenvalue weighted by Crippen LogP contribution is 2.27. The molecule has 0 N–H and O–H groups in total. The van der Waals surface area contributed by atoms with Crippen LogP contribution in [0.25, 0.3) is 0 Å². The van der Waals surface area contributed by atoms with Gasteiger partial charge in [0.05, 0.1) is 11.6 Å². The normalized spacial score (nSPS) is 10.6. The SMILES string of the molecule is CCC(CC)CC(=O)c1ccc(OC)c(Br)c1. The zero-order chi connectivity index (χ0) is 12.8. The Kier molecular flexibility index (Phi) is 5.69. The second kappa shape index (κ2) is 6.80. The van der Waals surface area contributed by atoms with Crippen molar-refractivity contribution < 1.29 is 9.53 Å². The van der Waals surface area contributed by atoms with Crippen molar-refractivity contribution in [2.75, 3.05) is 7.11 Å². The molecule has 0 aliphatic rings. The molecule has 0 spiro atoms. The van der Waals surface area contributed by atoms with Crippen molar-refractivity contribution in [1.29, 1.82) is 0 Å². The van der Waals surface area contributed by atoms with E-state index in [9.17, 15) is 4.79 Å². The third-order valence-corrected chi connectivity index (χ3v) is 3.72. The number of rotatable bonds is 6. The molecule has 1 aromatic carbocycles. The van der Waals surface area contributed by atoms with E-state index in [1.165, 1.54) is 0 Å². The van der Waals surface area contributed by atoms with E-state index in [1.807, 2.05) is 18.2 Å². The monoisotopic (exact) mass is 298 g/mol. The molecule has 0 fully saturated rings. The minimum absolute atomic E-state index is 0.210. The zero-order valence-corrected chi connectivity index (χ0v) is 12.2. The quantitative estimate of drug-likeness (QED) is 0.725. The number of carbonyl (C=O) groups is 1. The van der Waals surface area contributed by atoms with Gasteiger partial charge in [-0.15, -0.1) is 0 Å². The smallest absolute Gasteiger partial charge is 0.163 e. The fourth-order valence-corrected chi connectivity index (χ4v) is 2.34. The molecule has 1 rings (SSSR count). The highest BCUT2D eigenvalue weighted by atomic mass is 79.9. The molecule has 0 heterocycles. The maximum absolute atomic E-state index is 12.1. The van der Waals surface area contributed by atoms with Gasteiger partial charge < -0.3 is 4.74 Å². The summed E-state index contributed by atoms with van der Waals surface area (Å²) in [6, 6.07) is 5.49. The van der Waals surface area contributed by atoms with Crippen LogP contribution in [0, 0.1) is 5.92 Å². The number of ether oxygens (including phenoxy) is 1. The number of benzene rings is 1. The topological polar surface area (TPSA) is 26.3 Å². The van der Waals surface area contributed by atoms with Gasteiger partial charge >= 0.3 is 0 Å². The number of Topliss-reactive ketones (excluding diaryl/α,β-unsaturated/α-hetero) is 1. The maximum atomic E-state index is 12.1. The van der Waals surface area contributed by atoms with Crippen LogP contribution in [-0.4, -0.2) is 12.9 Å². The lowest BCUT2D eigenvalue weighted by Crippen LogP contribution is -2.07. The molecule has 2 nitrogen and oxygen atoms in total. The molecule has 0 atom stereocenters. The predicted molar refractivity (Wildman–Crippen MR) is 73.7 cm³/mol. The first-order valence-corrected chi connectivity index (χ1v) is 6.78. The summed E-state index contributed by atoms with van der Waals surface area (Å²) in [6.45, 7) is 4.26. The third kappa shape index (κ3) is 3.84. The van der Waals surface area contributed by atoms with Crippen LogP contribution in [0.4, 0.5) is 0 Å². The summed E-state index contributed by atoms with van der Waals surface area (Å²) in [5, 5.41) is 0. The van der Waals surface area contributed by atoms with Crippen LogP contribution in [-0.2, 0) is 0 Å². The number of ketones is 1. The van der Waals surface area contributed by atoms with E-state index in [1.54, 1.807) is 7.11 Å². The van der Waals surface area contributed by atoms with E-state index >= 15 is 0 Å². The van der Waals surface area contributed by atoms with Crippen molar-refractivity contribution in [2.45, 2.75) is 33.1 Å². The molecule has 0 amide bonds. The van der Waals surface area contributed by atoms with Gasteiger partial charge in [-0.3, -0.25) is 4.79 Å². The molecule has 1 aromatic rings. The molecule has 0 aliphatic carbocycles. The Morgan fingerprint density at radius 3 is 2.47 bits per heavy atom. The Morgan fingerprint density at radius 2 is 2.00 bits per heavy atom. The minimum Gasteiger partial charge on any atom is -0.496 e. The first-order valence-electron chi connectivity index (χ1n) is 5.99. The molecular formula is C14H19BrO2. The molecule has 0 unspecified atom stereocenters. The summed E-state index contributed by atoms with van der Waals surface area (Å²) in [6.07, 6.45) is 2.74. The van der Waals surface area contributed by atoms with Crippen molar-refractivity contribution in [1.82, 2.24) is 0 Å². The van der Waals surface area contributed by atoms with Gasteiger partial charge in [-0.2, -0.15) is 0 Å². The second-order valence-electron chi connectivity index (χ2n) is 4.16. The highest BCUT2D eigenvalue weighted by Gasteiger charge is 2.13. The van der Waals surface area contributed by atoms with Gasteiger partial charge in [0.1, 0.15) is 5.75 Å². The van der Waals surface area contributed by atoms with Gasteiger partial charge in [0.2, 0.25) is 0 Å². The Bertz CT molecular complexity index is 384. The molecular weight excluding hydrogens is 280 g/mol. The van der Waals surface area contributed by atoms with Crippen LogP contribution in [0.2, 0.25) is 0 Å². The van der Waals surface area contributed by atoms with E-state index in [0.29, 0.717) is 12.3 Å². The lowest BCUT2D eigenvalue weighted by Gasteiger charge is -2.11. The lowest BCUT2D eigenvalue weighted by atomic mass is 9.94. The number of methoxy groups -OCH3 is 1. The molecule has 3 heteroatoms. The Hall–Kier alpha value is -0.830. The number of hydrogen-bond acceptors (Lipinski definition) is 2. The van der Waals surface area contributed by atoms with Crippen molar-refractivity contribution in [3.05, 3.63) is 28.2 Å². The summed E-state index contributed by atoms with van der Waals surface area (Å²) in [7, 11) is 1.62. The molecule has 0 aromatic heterocycles. The van der Waals surface area contributed by atoms with Gasteiger partial charge in [0.15, 0.2) is 5.78 Å². The maximum Gasteiger partial charge on any atom is 0.163 e. The van der Waals surface area contributed by atoms with Crippen molar-refractivity contribution in [3.8, 4) is 5.75 Å². The van der Waals surface area contributed by atoms with Crippen LogP contribution in [0.3, 0.4) is 0 Å². The first kappa shape index (κ1) is 14.2. The Labute approximate surface area is 111 Å². The molecule has 0 radical (unpaired) electrons. The van der Waals surface area contributed by atoms with Crippen molar-refractivity contribution in [2.24, 2.45) is 5.92 Å². The minimum atomic E-state index is 0.210. The van der Waals surface area contributed by atoms with E-state index in [0.717, 1.165) is 28.6 Å². The average molecular weight is 299 g/mol. The highest BCUT2D eigenvalue weighted by molar-refractivity contribution is 9.10. The fraction of sp³-hybridized carbons (Fsp3) is 0.500. The Balaban J connectivity index is 2.79. The average Bonchev–Trinajstić information content (AvgIpc) is 2.35. The summed E-state index contributed by atoms with van der Waals surface area (Å²) >= 11 is 3.40. The van der Waals surface area contributed by atoms with Crippen molar-refractivity contribution >= 4 is 21.7 Å².